The number of hydrogen-bond acceptors (Lipinski definition) is 4. The van der Waals surface area contributed by atoms with Gasteiger partial charge in [-0.05, 0) is 30.0 Å². The first kappa shape index (κ1) is 12.2. The van der Waals surface area contributed by atoms with Crippen LogP contribution in [0.5, 0.6) is 11.5 Å². The van der Waals surface area contributed by atoms with Crippen LogP contribution in [0, 0.1) is 0 Å². The van der Waals surface area contributed by atoms with Gasteiger partial charge in [-0.1, -0.05) is 0 Å². The highest BCUT2D eigenvalue weighted by Crippen LogP contribution is 2.30. The molecule has 94 valence electrons. The van der Waals surface area contributed by atoms with E-state index in [1.54, 1.807) is 14.2 Å². The average Bonchev–Trinajstić information content (AvgIpc) is 2.38. The minimum Gasteiger partial charge on any atom is -0.497 e. The molecule has 2 rings (SSSR count). The molecule has 0 spiro atoms. The van der Waals surface area contributed by atoms with E-state index in [0.717, 1.165) is 31.0 Å². The van der Waals surface area contributed by atoms with Crippen LogP contribution < -0.4 is 20.5 Å². The maximum absolute atomic E-state index is 5.98. The predicted octanol–water partition coefficient (Wildman–Crippen LogP) is 1.11. The fourth-order valence-electron chi connectivity index (χ4n) is 2.29. The van der Waals surface area contributed by atoms with Crippen LogP contribution in [0.25, 0.3) is 0 Å². The number of nitrogens with two attached hydrogens (primary N) is 1. The second-order valence-corrected chi connectivity index (χ2v) is 4.50. The molecule has 1 heterocycles. The Morgan fingerprint density at radius 2 is 1.76 bits per heavy atom. The molecule has 4 heteroatoms. The second kappa shape index (κ2) is 5.38. The van der Waals surface area contributed by atoms with E-state index in [2.05, 4.69) is 17.4 Å². The quantitative estimate of drug-likeness (QED) is 0.825. The highest BCUT2D eigenvalue weighted by molar-refractivity contribution is 5.40. The lowest BCUT2D eigenvalue weighted by molar-refractivity contribution is 0.385. The first-order valence-electron chi connectivity index (χ1n) is 5.92. The van der Waals surface area contributed by atoms with E-state index in [9.17, 15) is 0 Å². The summed E-state index contributed by atoms with van der Waals surface area (Å²) >= 11 is 0. The third-order valence-corrected chi connectivity index (χ3v) is 3.23. The topological polar surface area (TPSA) is 56.5 Å². The Hall–Kier alpha value is -1.26. The first-order valence-corrected chi connectivity index (χ1v) is 5.92. The molecular formula is C13H20N2O2. The monoisotopic (exact) mass is 236 g/mol. The first-order chi connectivity index (χ1) is 8.22. The molecule has 0 amide bonds. The molecular weight excluding hydrogens is 216 g/mol. The van der Waals surface area contributed by atoms with E-state index in [1.165, 1.54) is 5.56 Å². The third kappa shape index (κ3) is 2.90. The Labute approximate surface area is 102 Å². The average molecular weight is 236 g/mol. The second-order valence-electron chi connectivity index (χ2n) is 4.50. The zero-order valence-electron chi connectivity index (χ0n) is 10.4. The Morgan fingerprint density at radius 3 is 2.29 bits per heavy atom. The minimum absolute atomic E-state index is 0.228. The number of hydrogen-bond donors (Lipinski definition) is 2. The normalized spacial score (nSPS) is 24.4. The summed E-state index contributed by atoms with van der Waals surface area (Å²) in [7, 11) is 3.34. The van der Waals surface area contributed by atoms with Gasteiger partial charge in [0.15, 0.2) is 0 Å². The van der Waals surface area contributed by atoms with Crippen molar-refractivity contribution in [2.75, 3.05) is 27.3 Å². The van der Waals surface area contributed by atoms with Crippen molar-refractivity contribution in [2.24, 2.45) is 5.73 Å². The maximum Gasteiger partial charge on any atom is 0.122 e. The van der Waals surface area contributed by atoms with Crippen molar-refractivity contribution in [3.05, 3.63) is 23.8 Å². The Morgan fingerprint density at radius 1 is 1.12 bits per heavy atom. The highest BCUT2D eigenvalue weighted by Gasteiger charge is 2.21. The Bertz CT molecular complexity index is 359. The molecule has 0 bridgehead atoms. The maximum atomic E-state index is 5.98. The number of piperidine rings is 1. The molecule has 1 aromatic carbocycles. The summed E-state index contributed by atoms with van der Waals surface area (Å²) in [6.07, 6.45) is 1.00. The molecule has 0 aromatic heterocycles. The van der Waals surface area contributed by atoms with Gasteiger partial charge in [-0.2, -0.15) is 0 Å². The van der Waals surface area contributed by atoms with E-state index < -0.39 is 0 Å². The standard InChI is InChI=1S/C13H20N2O2/c1-16-12-4-9(5-13(6-12)17-2)10-3-11(14)8-15-7-10/h4-6,10-11,15H,3,7-8,14H2,1-2H3. The zero-order valence-corrected chi connectivity index (χ0v) is 10.4. The Balaban J connectivity index is 2.23. The van der Waals surface area contributed by atoms with E-state index in [0.29, 0.717) is 5.92 Å². The molecule has 1 aromatic rings. The molecule has 4 nitrogen and oxygen atoms in total. The molecule has 0 aliphatic carbocycles. The summed E-state index contributed by atoms with van der Waals surface area (Å²) in [5.74, 6) is 2.10. The molecule has 2 atom stereocenters. The predicted molar refractivity (Wildman–Crippen MR) is 67.7 cm³/mol. The van der Waals surface area contributed by atoms with Gasteiger partial charge < -0.3 is 20.5 Å². The van der Waals surface area contributed by atoms with Crippen LogP contribution in [0.3, 0.4) is 0 Å². The van der Waals surface area contributed by atoms with Gasteiger partial charge in [-0.15, -0.1) is 0 Å². The smallest absolute Gasteiger partial charge is 0.122 e. The van der Waals surface area contributed by atoms with Gasteiger partial charge >= 0.3 is 0 Å². The van der Waals surface area contributed by atoms with Gasteiger partial charge in [-0.25, -0.2) is 0 Å². The van der Waals surface area contributed by atoms with Crippen molar-refractivity contribution >= 4 is 0 Å². The lowest BCUT2D eigenvalue weighted by Gasteiger charge is -2.28. The summed E-state index contributed by atoms with van der Waals surface area (Å²) < 4.78 is 10.6. The van der Waals surface area contributed by atoms with Crippen LogP contribution in [-0.2, 0) is 0 Å². The van der Waals surface area contributed by atoms with Crippen molar-refractivity contribution in [2.45, 2.75) is 18.4 Å². The van der Waals surface area contributed by atoms with Crippen molar-refractivity contribution in [3.8, 4) is 11.5 Å². The number of rotatable bonds is 3. The summed E-state index contributed by atoms with van der Waals surface area (Å²) in [4.78, 5) is 0. The van der Waals surface area contributed by atoms with E-state index in [1.807, 2.05) is 6.07 Å². The summed E-state index contributed by atoms with van der Waals surface area (Å²) in [5.41, 5.74) is 7.20. The van der Waals surface area contributed by atoms with Crippen molar-refractivity contribution in [1.29, 1.82) is 0 Å². The fourth-order valence-corrected chi connectivity index (χ4v) is 2.29. The molecule has 0 radical (unpaired) electrons. The highest BCUT2D eigenvalue weighted by atomic mass is 16.5. The summed E-state index contributed by atoms with van der Waals surface area (Å²) in [6, 6.07) is 6.24. The van der Waals surface area contributed by atoms with Gasteiger partial charge in [-0.3, -0.25) is 0 Å². The third-order valence-electron chi connectivity index (χ3n) is 3.23. The van der Waals surface area contributed by atoms with Gasteiger partial charge in [0.05, 0.1) is 14.2 Å². The van der Waals surface area contributed by atoms with Gasteiger partial charge in [0.25, 0.3) is 0 Å². The number of benzene rings is 1. The van der Waals surface area contributed by atoms with Crippen LogP contribution in [0.2, 0.25) is 0 Å². The van der Waals surface area contributed by atoms with Crippen LogP contribution in [0.15, 0.2) is 18.2 Å². The molecule has 1 saturated heterocycles. The number of methoxy groups -OCH3 is 2. The zero-order chi connectivity index (χ0) is 12.3. The molecule has 3 N–H and O–H groups in total. The number of ether oxygens (including phenoxy) is 2. The summed E-state index contributed by atoms with van der Waals surface area (Å²) in [5, 5.41) is 3.35. The molecule has 1 aliphatic rings. The van der Waals surface area contributed by atoms with E-state index >= 15 is 0 Å². The molecule has 17 heavy (non-hydrogen) atoms. The van der Waals surface area contributed by atoms with E-state index in [-0.39, 0.29) is 6.04 Å². The minimum atomic E-state index is 0.228. The SMILES string of the molecule is COc1cc(OC)cc(C2CNCC(N)C2)c1. The van der Waals surface area contributed by atoms with Gasteiger partial charge in [0.1, 0.15) is 11.5 Å². The number of nitrogens with one attached hydrogen (secondary N) is 1. The van der Waals surface area contributed by atoms with Gasteiger partial charge in [0, 0.05) is 25.2 Å². The largest absolute Gasteiger partial charge is 0.497 e. The molecule has 0 saturated carbocycles. The van der Waals surface area contributed by atoms with Crippen LogP contribution in [-0.4, -0.2) is 33.4 Å². The molecule has 1 aliphatic heterocycles. The van der Waals surface area contributed by atoms with Crippen LogP contribution in [0.1, 0.15) is 17.9 Å². The Kier molecular flexibility index (Phi) is 3.86. The lowest BCUT2D eigenvalue weighted by Crippen LogP contribution is -2.43. The molecule has 2 unspecified atom stereocenters. The molecule has 1 fully saturated rings. The fraction of sp³-hybridized carbons (Fsp3) is 0.538. The van der Waals surface area contributed by atoms with E-state index in [4.69, 9.17) is 15.2 Å². The lowest BCUT2D eigenvalue weighted by atomic mass is 9.89. The van der Waals surface area contributed by atoms with Crippen LogP contribution >= 0.6 is 0 Å². The van der Waals surface area contributed by atoms with Crippen molar-refractivity contribution in [3.63, 3.8) is 0 Å². The van der Waals surface area contributed by atoms with Crippen molar-refractivity contribution < 1.29 is 9.47 Å². The van der Waals surface area contributed by atoms with Crippen molar-refractivity contribution in [1.82, 2.24) is 5.32 Å². The van der Waals surface area contributed by atoms with Crippen LogP contribution in [0.4, 0.5) is 0 Å². The van der Waals surface area contributed by atoms with Gasteiger partial charge in [0.2, 0.25) is 0 Å². The summed E-state index contributed by atoms with van der Waals surface area (Å²) in [6.45, 7) is 1.86.